The first kappa shape index (κ1) is 13.4. The maximum Gasteiger partial charge on any atom is 0.150 e. The molecule has 0 aromatic carbocycles. The highest BCUT2D eigenvalue weighted by Gasteiger charge is 2.18. The predicted octanol–water partition coefficient (Wildman–Crippen LogP) is 2.26. The van der Waals surface area contributed by atoms with E-state index in [1.54, 1.807) is 0 Å². The molecule has 1 aliphatic rings. The Morgan fingerprint density at radius 1 is 1.33 bits per heavy atom. The van der Waals surface area contributed by atoms with Crippen LogP contribution in [0, 0.1) is 0 Å². The van der Waals surface area contributed by atoms with E-state index in [0.29, 0.717) is 12.1 Å². The van der Waals surface area contributed by atoms with Crippen molar-refractivity contribution >= 4 is 5.82 Å². The number of aromatic nitrogens is 2. The van der Waals surface area contributed by atoms with Crippen LogP contribution in [0.5, 0.6) is 0 Å². The van der Waals surface area contributed by atoms with Gasteiger partial charge in [0.05, 0.1) is 0 Å². The quantitative estimate of drug-likeness (QED) is 0.893. The molecule has 1 aromatic rings. The third-order valence-electron chi connectivity index (χ3n) is 3.87. The molecule has 18 heavy (non-hydrogen) atoms. The van der Waals surface area contributed by atoms with E-state index < -0.39 is 0 Å². The molecule has 0 aliphatic carbocycles. The Hall–Kier alpha value is -1.03. The first-order valence-corrected chi connectivity index (χ1v) is 7.27. The molecule has 0 saturated carbocycles. The van der Waals surface area contributed by atoms with E-state index >= 15 is 0 Å². The van der Waals surface area contributed by atoms with Gasteiger partial charge in [-0.2, -0.15) is 5.10 Å². The normalized spacial score (nSPS) is 25.8. The van der Waals surface area contributed by atoms with Crippen LogP contribution in [0.3, 0.4) is 0 Å². The zero-order chi connectivity index (χ0) is 13.0. The average molecular weight is 250 g/mol. The summed E-state index contributed by atoms with van der Waals surface area (Å²) in [6.07, 6.45) is 5.68. The molecule has 2 rings (SSSR count). The van der Waals surface area contributed by atoms with Crippen molar-refractivity contribution in [2.45, 2.75) is 58.7 Å². The first-order chi connectivity index (χ1) is 8.72. The Morgan fingerprint density at radius 3 is 2.78 bits per heavy atom. The van der Waals surface area contributed by atoms with Crippen molar-refractivity contribution in [3.63, 3.8) is 0 Å². The lowest BCUT2D eigenvalue weighted by atomic mass is 10.1. The van der Waals surface area contributed by atoms with Gasteiger partial charge in [-0.25, -0.2) is 0 Å². The summed E-state index contributed by atoms with van der Waals surface area (Å²) < 4.78 is 2.01. The molecule has 2 atom stereocenters. The smallest absolute Gasteiger partial charge is 0.150 e. The van der Waals surface area contributed by atoms with Crippen LogP contribution < -0.4 is 10.2 Å². The topological polar surface area (TPSA) is 33.1 Å². The van der Waals surface area contributed by atoms with E-state index in [9.17, 15) is 0 Å². The van der Waals surface area contributed by atoms with Gasteiger partial charge in [-0.15, -0.1) is 0 Å². The van der Waals surface area contributed by atoms with Crippen LogP contribution >= 0.6 is 0 Å². The summed E-state index contributed by atoms with van der Waals surface area (Å²) in [6, 6.07) is 3.39. The van der Waals surface area contributed by atoms with E-state index in [2.05, 4.69) is 48.3 Å². The van der Waals surface area contributed by atoms with Crippen molar-refractivity contribution in [1.29, 1.82) is 0 Å². The van der Waals surface area contributed by atoms with Crippen LogP contribution in [0.1, 0.15) is 40.0 Å². The highest BCUT2D eigenvalue weighted by atomic mass is 15.3. The number of hydrogen-bond donors (Lipinski definition) is 1. The van der Waals surface area contributed by atoms with E-state index in [0.717, 1.165) is 25.5 Å². The van der Waals surface area contributed by atoms with Gasteiger partial charge in [-0.05, 0) is 33.1 Å². The zero-order valence-electron chi connectivity index (χ0n) is 11.9. The van der Waals surface area contributed by atoms with Crippen LogP contribution in [0.15, 0.2) is 12.3 Å². The Kier molecular flexibility index (Phi) is 4.64. The maximum absolute atomic E-state index is 4.62. The number of nitrogens with one attached hydrogen (secondary N) is 1. The SMILES string of the molecule is CCC1CCN(c2ccn(CC)n2)CCC(C)N1. The fourth-order valence-corrected chi connectivity index (χ4v) is 2.59. The van der Waals surface area contributed by atoms with Crippen molar-refractivity contribution < 1.29 is 0 Å². The van der Waals surface area contributed by atoms with Gasteiger partial charge in [-0.1, -0.05) is 6.92 Å². The van der Waals surface area contributed by atoms with Crippen molar-refractivity contribution in [3.8, 4) is 0 Å². The molecule has 4 nitrogen and oxygen atoms in total. The molecular formula is C14H26N4. The van der Waals surface area contributed by atoms with Crippen molar-refractivity contribution in [2.24, 2.45) is 0 Å². The second-order valence-electron chi connectivity index (χ2n) is 5.27. The number of nitrogens with zero attached hydrogens (tertiary/aromatic N) is 3. The van der Waals surface area contributed by atoms with Crippen LogP contribution in [-0.2, 0) is 6.54 Å². The lowest BCUT2D eigenvalue weighted by Gasteiger charge is -2.32. The van der Waals surface area contributed by atoms with E-state index in [4.69, 9.17) is 0 Å². The third kappa shape index (κ3) is 3.25. The molecule has 102 valence electrons. The summed E-state index contributed by atoms with van der Waals surface area (Å²) in [6.45, 7) is 9.84. The maximum atomic E-state index is 4.62. The summed E-state index contributed by atoms with van der Waals surface area (Å²) in [5, 5.41) is 8.33. The van der Waals surface area contributed by atoms with Gasteiger partial charge < -0.3 is 10.2 Å². The molecule has 1 fully saturated rings. The Labute approximate surface area is 110 Å². The fraction of sp³-hybridized carbons (Fsp3) is 0.786. The highest BCUT2D eigenvalue weighted by molar-refractivity contribution is 5.36. The fourth-order valence-electron chi connectivity index (χ4n) is 2.59. The molecule has 0 amide bonds. The second kappa shape index (κ2) is 6.23. The number of hydrogen-bond acceptors (Lipinski definition) is 3. The molecule has 1 aliphatic heterocycles. The van der Waals surface area contributed by atoms with Gasteiger partial charge in [0.15, 0.2) is 5.82 Å². The minimum atomic E-state index is 0.603. The van der Waals surface area contributed by atoms with Crippen molar-refractivity contribution in [3.05, 3.63) is 12.3 Å². The minimum Gasteiger partial charge on any atom is -0.355 e. The largest absolute Gasteiger partial charge is 0.355 e. The van der Waals surface area contributed by atoms with E-state index in [1.807, 2.05) is 4.68 Å². The van der Waals surface area contributed by atoms with Gasteiger partial charge in [0.2, 0.25) is 0 Å². The first-order valence-electron chi connectivity index (χ1n) is 7.27. The summed E-state index contributed by atoms with van der Waals surface area (Å²) in [5.41, 5.74) is 0. The molecule has 2 unspecified atom stereocenters. The van der Waals surface area contributed by atoms with Crippen LogP contribution in [-0.4, -0.2) is 35.0 Å². The summed E-state index contributed by atoms with van der Waals surface area (Å²) in [5.74, 6) is 1.14. The number of rotatable bonds is 3. The molecular weight excluding hydrogens is 224 g/mol. The lowest BCUT2D eigenvalue weighted by molar-refractivity contribution is 0.377. The molecule has 4 heteroatoms. The van der Waals surface area contributed by atoms with Gasteiger partial charge in [0.1, 0.15) is 0 Å². The van der Waals surface area contributed by atoms with Crippen molar-refractivity contribution in [2.75, 3.05) is 18.0 Å². The van der Waals surface area contributed by atoms with E-state index in [-0.39, 0.29) is 0 Å². The Morgan fingerprint density at radius 2 is 2.11 bits per heavy atom. The molecule has 2 heterocycles. The molecule has 1 saturated heterocycles. The predicted molar refractivity (Wildman–Crippen MR) is 76.0 cm³/mol. The average Bonchev–Trinajstić information content (AvgIpc) is 2.83. The van der Waals surface area contributed by atoms with Crippen molar-refractivity contribution in [1.82, 2.24) is 15.1 Å². The van der Waals surface area contributed by atoms with E-state index in [1.165, 1.54) is 19.3 Å². The molecule has 0 bridgehead atoms. The summed E-state index contributed by atoms with van der Waals surface area (Å²) in [4.78, 5) is 2.44. The monoisotopic (exact) mass is 250 g/mol. The molecule has 1 N–H and O–H groups in total. The van der Waals surface area contributed by atoms with Crippen LogP contribution in [0.4, 0.5) is 5.82 Å². The molecule has 0 radical (unpaired) electrons. The van der Waals surface area contributed by atoms with Gasteiger partial charge >= 0.3 is 0 Å². The molecule has 1 aromatic heterocycles. The number of aryl methyl sites for hydroxylation is 1. The second-order valence-corrected chi connectivity index (χ2v) is 5.27. The number of anilines is 1. The van der Waals surface area contributed by atoms with Gasteiger partial charge in [0.25, 0.3) is 0 Å². The van der Waals surface area contributed by atoms with Gasteiger partial charge in [0, 0.05) is 44.0 Å². The lowest BCUT2D eigenvalue weighted by Crippen LogP contribution is -2.44. The summed E-state index contributed by atoms with van der Waals surface area (Å²) in [7, 11) is 0. The third-order valence-corrected chi connectivity index (χ3v) is 3.87. The van der Waals surface area contributed by atoms with Crippen LogP contribution in [0.25, 0.3) is 0 Å². The standard InChI is InChI=1S/C14H26N4/c1-4-13-7-10-17(9-6-12(3)15-13)14-8-11-18(5-2)16-14/h8,11-13,15H,4-7,9-10H2,1-3H3. The Balaban J connectivity index is 2.03. The Bertz CT molecular complexity index is 360. The van der Waals surface area contributed by atoms with Gasteiger partial charge in [-0.3, -0.25) is 4.68 Å². The zero-order valence-corrected chi connectivity index (χ0v) is 11.9. The van der Waals surface area contributed by atoms with Crippen LogP contribution in [0.2, 0.25) is 0 Å². The minimum absolute atomic E-state index is 0.603. The summed E-state index contributed by atoms with van der Waals surface area (Å²) >= 11 is 0. The molecule has 0 spiro atoms. The highest BCUT2D eigenvalue weighted by Crippen LogP contribution is 2.16.